The molecule has 11 heteroatoms. The lowest BCUT2D eigenvalue weighted by Gasteiger charge is -2.10. The van der Waals surface area contributed by atoms with E-state index in [-0.39, 0.29) is 35.8 Å². The van der Waals surface area contributed by atoms with Crippen molar-refractivity contribution in [3.8, 4) is 0 Å². The fourth-order valence-electron chi connectivity index (χ4n) is 1.73. The van der Waals surface area contributed by atoms with Gasteiger partial charge in [-0.3, -0.25) is 35.3 Å². The fourth-order valence-corrected chi connectivity index (χ4v) is 1.89. The number of para-hydroxylation sites is 1. The molecule has 3 N–H and O–H groups in total. The van der Waals surface area contributed by atoms with Gasteiger partial charge >= 0.3 is 5.97 Å². The van der Waals surface area contributed by atoms with Crippen LogP contribution in [-0.2, 0) is 14.3 Å². The zero-order chi connectivity index (χ0) is 19.5. The van der Waals surface area contributed by atoms with Crippen molar-refractivity contribution in [3.05, 3.63) is 39.9 Å². The minimum atomic E-state index is -0.794. The van der Waals surface area contributed by atoms with E-state index >= 15 is 0 Å². The second-order valence-electron chi connectivity index (χ2n) is 4.95. The van der Waals surface area contributed by atoms with Crippen LogP contribution in [0.25, 0.3) is 0 Å². The van der Waals surface area contributed by atoms with Gasteiger partial charge in [0, 0.05) is 12.5 Å². The number of nitrogens with zero attached hydrogens (tertiary/aromatic N) is 1. The molecular weight excluding hydrogens is 364 g/mol. The van der Waals surface area contributed by atoms with Crippen LogP contribution in [0.15, 0.2) is 24.3 Å². The van der Waals surface area contributed by atoms with E-state index in [1.165, 1.54) is 24.3 Å². The maximum absolute atomic E-state index is 12.0. The molecule has 10 nitrogen and oxygen atoms in total. The van der Waals surface area contributed by atoms with Crippen LogP contribution in [-0.4, -0.2) is 34.4 Å². The number of rotatable bonds is 7. The first kappa shape index (κ1) is 21.0. The van der Waals surface area contributed by atoms with Gasteiger partial charge in [0.05, 0.1) is 18.0 Å². The molecule has 2 amide bonds. The topological polar surface area (TPSA) is 140 Å². The van der Waals surface area contributed by atoms with Crippen molar-refractivity contribution < 1.29 is 24.0 Å². The number of nitro groups is 1. The first-order valence-corrected chi connectivity index (χ1v) is 8.05. The summed E-state index contributed by atoms with van der Waals surface area (Å²) >= 11 is 4.83. The Labute approximate surface area is 154 Å². The van der Waals surface area contributed by atoms with Crippen molar-refractivity contribution in [2.75, 3.05) is 6.61 Å². The van der Waals surface area contributed by atoms with E-state index in [0.717, 1.165) is 0 Å². The van der Waals surface area contributed by atoms with Crippen LogP contribution >= 0.6 is 12.2 Å². The third kappa shape index (κ3) is 7.21. The summed E-state index contributed by atoms with van der Waals surface area (Å²) in [5.74, 6) is -1.83. The van der Waals surface area contributed by atoms with E-state index in [1.54, 1.807) is 0 Å². The molecule has 1 rings (SSSR count). The van der Waals surface area contributed by atoms with Gasteiger partial charge in [-0.2, -0.15) is 0 Å². The highest BCUT2D eigenvalue weighted by Gasteiger charge is 2.19. The summed E-state index contributed by atoms with van der Waals surface area (Å²) in [7, 11) is 0. The van der Waals surface area contributed by atoms with Gasteiger partial charge < -0.3 is 10.1 Å². The molecule has 0 heterocycles. The molecule has 1 aromatic rings. The van der Waals surface area contributed by atoms with Crippen LogP contribution in [0.1, 0.15) is 36.5 Å². The molecule has 0 fully saturated rings. The molecule has 0 saturated carbocycles. The number of hydrogen-bond acceptors (Lipinski definition) is 7. The molecule has 0 aliphatic carbocycles. The predicted octanol–water partition coefficient (Wildman–Crippen LogP) is 0.964. The lowest BCUT2D eigenvalue weighted by atomic mass is 10.2. The number of benzene rings is 1. The second-order valence-corrected chi connectivity index (χ2v) is 5.36. The third-order valence-electron chi connectivity index (χ3n) is 2.91. The van der Waals surface area contributed by atoms with Crippen molar-refractivity contribution in [3.63, 3.8) is 0 Å². The molecule has 0 saturated heterocycles. The van der Waals surface area contributed by atoms with Crippen molar-refractivity contribution in [1.82, 2.24) is 16.2 Å². The highest BCUT2D eigenvalue weighted by Crippen LogP contribution is 2.16. The lowest BCUT2D eigenvalue weighted by Crippen LogP contribution is -2.48. The molecule has 1 aromatic carbocycles. The molecular formula is C15H18N4O6S. The highest BCUT2D eigenvalue weighted by atomic mass is 32.1. The first-order valence-electron chi connectivity index (χ1n) is 7.64. The zero-order valence-electron chi connectivity index (χ0n) is 13.9. The summed E-state index contributed by atoms with van der Waals surface area (Å²) in [6.45, 7) is 2.14. The molecule has 0 atom stereocenters. The van der Waals surface area contributed by atoms with E-state index in [0.29, 0.717) is 6.42 Å². The van der Waals surface area contributed by atoms with E-state index in [1.807, 2.05) is 6.92 Å². The highest BCUT2D eigenvalue weighted by molar-refractivity contribution is 7.80. The van der Waals surface area contributed by atoms with Crippen LogP contribution in [0, 0.1) is 10.1 Å². The minimum absolute atomic E-state index is 0.100. The summed E-state index contributed by atoms with van der Waals surface area (Å²) in [5, 5.41) is 12.9. The number of amides is 2. The van der Waals surface area contributed by atoms with Crippen molar-refractivity contribution in [2.24, 2.45) is 0 Å². The standard InChI is InChI=1S/C15H18N4O6S/c1-2-9-25-13(21)8-7-12(20)16-15(26)18-17-14(22)10-5-3-4-6-11(10)19(23)24/h3-6H,2,7-9H2,1H3,(H,17,22)(H2,16,18,20,26). The summed E-state index contributed by atoms with van der Waals surface area (Å²) in [6.07, 6.45) is 0.449. The number of carbonyl (C=O) groups excluding carboxylic acids is 3. The Kier molecular flexibility index (Phi) is 8.64. The van der Waals surface area contributed by atoms with Gasteiger partial charge in [-0.25, -0.2) is 0 Å². The Bertz CT molecular complexity index is 709. The van der Waals surface area contributed by atoms with Gasteiger partial charge in [-0.05, 0) is 24.7 Å². The quantitative estimate of drug-likeness (QED) is 0.274. The number of hydrogen-bond donors (Lipinski definition) is 3. The van der Waals surface area contributed by atoms with Crippen LogP contribution in [0.2, 0.25) is 0 Å². The van der Waals surface area contributed by atoms with Gasteiger partial charge in [-0.15, -0.1) is 0 Å². The number of ether oxygens (including phenoxy) is 1. The van der Waals surface area contributed by atoms with Gasteiger partial charge in [0.2, 0.25) is 5.91 Å². The van der Waals surface area contributed by atoms with Crippen LogP contribution in [0.4, 0.5) is 5.69 Å². The Morgan fingerprint density at radius 1 is 1.19 bits per heavy atom. The number of nitro benzene ring substituents is 1. The summed E-state index contributed by atoms with van der Waals surface area (Å²) in [4.78, 5) is 45.1. The van der Waals surface area contributed by atoms with E-state index < -0.39 is 22.7 Å². The summed E-state index contributed by atoms with van der Waals surface area (Å²) in [5.41, 5.74) is 3.88. The average Bonchev–Trinajstić information content (AvgIpc) is 2.62. The second kappa shape index (κ2) is 10.7. The maximum atomic E-state index is 12.0. The van der Waals surface area contributed by atoms with Gasteiger partial charge in [0.15, 0.2) is 5.11 Å². The Balaban J connectivity index is 2.42. The lowest BCUT2D eigenvalue weighted by molar-refractivity contribution is -0.385. The first-order chi connectivity index (χ1) is 12.3. The van der Waals surface area contributed by atoms with Crippen LogP contribution < -0.4 is 16.2 Å². The number of hydrazine groups is 1. The number of carbonyl (C=O) groups is 3. The number of esters is 1. The normalized spacial score (nSPS) is 9.73. The SMILES string of the molecule is CCCOC(=O)CCC(=O)NC(=S)NNC(=O)c1ccccc1[N+](=O)[O-]. The smallest absolute Gasteiger partial charge is 0.306 e. The summed E-state index contributed by atoms with van der Waals surface area (Å²) in [6, 6.07) is 5.36. The molecule has 26 heavy (non-hydrogen) atoms. The zero-order valence-corrected chi connectivity index (χ0v) is 14.8. The molecule has 0 unspecified atom stereocenters. The maximum Gasteiger partial charge on any atom is 0.306 e. The van der Waals surface area contributed by atoms with Gasteiger partial charge in [-0.1, -0.05) is 19.1 Å². The van der Waals surface area contributed by atoms with E-state index in [2.05, 4.69) is 16.2 Å². The van der Waals surface area contributed by atoms with E-state index in [9.17, 15) is 24.5 Å². The van der Waals surface area contributed by atoms with Crippen molar-refractivity contribution in [2.45, 2.75) is 26.2 Å². The molecule has 140 valence electrons. The fraction of sp³-hybridized carbons (Fsp3) is 0.333. The van der Waals surface area contributed by atoms with Crippen molar-refractivity contribution in [1.29, 1.82) is 0 Å². The number of thiocarbonyl (C=S) groups is 1. The largest absolute Gasteiger partial charge is 0.466 e. The number of nitrogens with one attached hydrogen (secondary N) is 3. The van der Waals surface area contributed by atoms with Gasteiger partial charge in [0.1, 0.15) is 5.56 Å². The molecule has 0 aromatic heterocycles. The van der Waals surface area contributed by atoms with Crippen LogP contribution in [0.5, 0.6) is 0 Å². The Hall–Kier alpha value is -3.08. The Morgan fingerprint density at radius 3 is 2.54 bits per heavy atom. The predicted molar refractivity (Wildman–Crippen MR) is 94.9 cm³/mol. The monoisotopic (exact) mass is 382 g/mol. The molecule has 0 bridgehead atoms. The van der Waals surface area contributed by atoms with Gasteiger partial charge in [0.25, 0.3) is 11.6 Å². The van der Waals surface area contributed by atoms with E-state index in [4.69, 9.17) is 17.0 Å². The molecule has 0 aliphatic heterocycles. The van der Waals surface area contributed by atoms with Crippen molar-refractivity contribution >= 4 is 40.8 Å². The Morgan fingerprint density at radius 2 is 1.88 bits per heavy atom. The molecule has 0 radical (unpaired) electrons. The average molecular weight is 382 g/mol. The molecule has 0 spiro atoms. The minimum Gasteiger partial charge on any atom is -0.466 e. The molecule has 0 aliphatic rings. The third-order valence-corrected chi connectivity index (χ3v) is 3.12. The summed E-state index contributed by atoms with van der Waals surface area (Å²) < 4.78 is 4.83. The van der Waals surface area contributed by atoms with Crippen LogP contribution in [0.3, 0.4) is 0 Å².